The van der Waals surface area contributed by atoms with Crippen molar-refractivity contribution >= 4 is 39.4 Å². The van der Waals surface area contributed by atoms with E-state index in [1.807, 2.05) is 0 Å². The second-order valence-electron chi connectivity index (χ2n) is 5.68. The number of anilines is 1. The first-order chi connectivity index (χ1) is 10.2. The van der Waals surface area contributed by atoms with Gasteiger partial charge >= 0.3 is 0 Å². The van der Waals surface area contributed by atoms with Crippen LogP contribution in [0.25, 0.3) is 11.0 Å². The highest BCUT2D eigenvalue weighted by molar-refractivity contribution is 14.1. The molecule has 1 saturated heterocycles. The number of nitrogen functional groups attached to an aromatic ring is 1. The van der Waals surface area contributed by atoms with Gasteiger partial charge in [-0.25, -0.2) is 9.97 Å². The number of fused-ring (bicyclic) bond motifs is 1. The minimum Gasteiger partial charge on any atom is -0.383 e. The van der Waals surface area contributed by atoms with E-state index in [1.54, 1.807) is 0 Å². The highest BCUT2D eigenvalue weighted by Gasteiger charge is 2.41. The molecule has 112 valence electrons. The van der Waals surface area contributed by atoms with E-state index >= 15 is 0 Å². The van der Waals surface area contributed by atoms with Crippen molar-refractivity contribution < 1.29 is 9.47 Å². The molecule has 1 saturated carbocycles. The molecule has 0 radical (unpaired) electrons. The maximum atomic E-state index is 5.99. The van der Waals surface area contributed by atoms with Crippen molar-refractivity contribution in [3.63, 3.8) is 0 Å². The molecule has 6 nitrogen and oxygen atoms in total. The largest absolute Gasteiger partial charge is 0.383 e. The van der Waals surface area contributed by atoms with Gasteiger partial charge in [0.05, 0.1) is 18.6 Å². The normalized spacial score (nSPS) is 22.3. The Morgan fingerprint density at radius 1 is 1.24 bits per heavy atom. The molecule has 0 bridgehead atoms. The number of rotatable bonds is 1. The number of ether oxygens (including phenoxy) is 2. The van der Waals surface area contributed by atoms with Crippen molar-refractivity contribution in [2.24, 2.45) is 0 Å². The molecule has 4 rings (SSSR count). The summed E-state index contributed by atoms with van der Waals surface area (Å²) >= 11 is 2.30. The predicted molar refractivity (Wildman–Crippen MR) is 86.8 cm³/mol. The van der Waals surface area contributed by atoms with Crippen LogP contribution in [0.15, 0.2) is 12.5 Å². The molecule has 0 amide bonds. The first-order valence-corrected chi connectivity index (χ1v) is 8.31. The van der Waals surface area contributed by atoms with E-state index in [-0.39, 0.29) is 5.79 Å². The van der Waals surface area contributed by atoms with Gasteiger partial charge in [-0.3, -0.25) is 0 Å². The van der Waals surface area contributed by atoms with Crippen LogP contribution in [0.1, 0.15) is 31.7 Å². The molecule has 2 aromatic heterocycles. The van der Waals surface area contributed by atoms with Gasteiger partial charge in [-0.15, -0.1) is 0 Å². The van der Waals surface area contributed by atoms with Gasteiger partial charge in [0.2, 0.25) is 0 Å². The fourth-order valence-electron chi connectivity index (χ4n) is 3.45. The first-order valence-electron chi connectivity index (χ1n) is 7.23. The highest BCUT2D eigenvalue weighted by atomic mass is 127. The monoisotopic (exact) mass is 400 g/mol. The van der Waals surface area contributed by atoms with Crippen LogP contribution in [0, 0.1) is 3.57 Å². The van der Waals surface area contributed by atoms with E-state index in [0.717, 1.165) is 53.5 Å². The van der Waals surface area contributed by atoms with Gasteiger partial charge in [0.1, 0.15) is 17.8 Å². The second kappa shape index (κ2) is 5.06. The summed E-state index contributed by atoms with van der Waals surface area (Å²) < 4.78 is 15.0. The van der Waals surface area contributed by atoms with Crippen molar-refractivity contribution in [1.82, 2.24) is 14.5 Å². The number of nitrogens with two attached hydrogens (primary N) is 1. The van der Waals surface area contributed by atoms with Crippen LogP contribution in [0.4, 0.5) is 5.82 Å². The molecule has 2 N–H and O–H groups in total. The van der Waals surface area contributed by atoms with Gasteiger partial charge in [0.25, 0.3) is 0 Å². The SMILES string of the molecule is Nc1ncnc2c1c(I)cn2C1CCC2(CC1)OCCO2. The number of halogens is 1. The molecule has 2 aromatic rings. The van der Waals surface area contributed by atoms with Crippen molar-refractivity contribution in [3.8, 4) is 0 Å². The smallest absolute Gasteiger partial charge is 0.168 e. The number of nitrogens with zero attached hydrogens (tertiary/aromatic N) is 3. The summed E-state index contributed by atoms with van der Waals surface area (Å²) in [5.74, 6) is 0.235. The lowest BCUT2D eigenvalue weighted by Gasteiger charge is -2.36. The molecular formula is C14H17IN4O2. The Morgan fingerprint density at radius 2 is 1.95 bits per heavy atom. The van der Waals surface area contributed by atoms with Crippen molar-refractivity contribution in [2.45, 2.75) is 37.5 Å². The van der Waals surface area contributed by atoms with Gasteiger partial charge in [-0.2, -0.15) is 0 Å². The van der Waals surface area contributed by atoms with Gasteiger partial charge in [0.15, 0.2) is 5.79 Å². The van der Waals surface area contributed by atoms with Crippen molar-refractivity contribution in [3.05, 3.63) is 16.1 Å². The molecule has 2 fully saturated rings. The lowest BCUT2D eigenvalue weighted by Crippen LogP contribution is -2.35. The standard InChI is InChI=1S/C14H17IN4O2/c15-10-7-19(13-11(10)12(16)17-8-18-13)9-1-3-14(4-2-9)20-5-6-21-14/h7-9H,1-6H2,(H2,16,17,18). The second-order valence-corrected chi connectivity index (χ2v) is 6.84. The molecule has 0 atom stereocenters. The lowest BCUT2D eigenvalue weighted by atomic mass is 9.90. The van der Waals surface area contributed by atoms with Crippen LogP contribution in [-0.4, -0.2) is 33.5 Å². The van der Waals surface area contributed by atoms with E-state index < -0.39 is 0 Å². The van der Waals surface area contributed by atoms with Gasteiger partial charge < -0.3 is 19.8 Å². The molecule has 1 aliphatic heterocycles. The Morgan fingerprint density at radius 3 is 2.67 bits per heavy atom. The number of hydrogen-bond donors (Lipinski definition) is 1. The van der Waals surface area contributed by atoms with E-state index in [1.165, 1.54) is 6.33 Å². The molecular weight excluding hydrogens is 383 g/mol. The summed E-state index contributed by atoms with van der Waals surface area (Å²) in [5.41, 5.74) is 6.92. The fourth-order valence-corrected chi connectivity index (χ4v) is 4.26. The Balaban J connectivity index is 1.64. The molecule has 2 aliphatic rings. The van der Waals surface area contributed by atoms with Crippen LogP contribution in [-0.2, 0) is 9.47 Å². The summed E-state index contributed by atoms with van der Waals surface area (Å²) in [5, 5.41) is 0.965. The number of hydrogen-bond acceptors (Lipinski definition) is 5. The Labute approximate surface area is 136 Å². The molecule has 3 heterocycles. The van der Waals surface area contributed by atoms with E-state index in [2.05, 4.69) is 43.3 Å². The minimum absolute atomic E-state index is 0.319. The van der Waals surface area contributed by atoms with Crippen molar-refractivity contribution in [1.29, 1.82) is 0 Å². The van der Waals surface area contributed by atoms with Crippen LogP contribution in [0.5, 0.6) is 0 Å². The zero-order valence-corrected chi connectivity index (χ0v) is 13.7. The molecule has 0 unspecified atom stereocenters. The van der Waals surface area contributed by atoms with Gasteiger partial charge in [-0.1, -0.05) is 0 Å². The summed E-state index contributed by atoms with van der Waals surface area (Å²) in [4.78, 5) is 8.52. The summed E-state index contributed by atoms with van der Waals surface area (Å²) in [6.45, 7) is 1.44. The van der Waals surface area contributed by atoms with E-state index in [9.17, 15) is 0 Å². The molecule has 7 heteroatoms. The van der Waals surface area contributed by atoms with Crippen molar-refractivity contribution in [2.75, 3.05) is 18.9 Å². The predicted octanol–water partition coefficient (Wildman–Crippen LogP) is 2.48. The van der Waals surface area contributed by atoms with Crippen LogP contribution >= 0.6 is 22.6 Å². The average molecular weight is 400 g/mol. The quantitative estimate of drug-likeness (QED) is 0.745. The maximum absolute atomic E-state index is 5.99. The summed E-state index contributed by atoms with van der Waals surface area (Å²) in [6.07, 6.45) is 7.61. The summed E-state index contributed by atoms with van der Waals surface area (Å²) in [6, 6.07) is 0.420. The summed E-state index contributed by atoms with van der Waals surface area (Å²) in [7, 11) is 0. The highest BCUT2D eigenvalue weighted by Crippen LogP contribution is 2.41. The average Bonchev–Trinajstić information content (AvgIpc) is 3.07. The topological polar surface area (TPSA) is 75.2 Å². The van der Waals surface area contributed by atoms with E-state index in [4.69, 9.17) is 15.2 Å². The Hall–Kier alpha value is -0.930. The first kappa shape index (κ1) is 13.7. The zero-order chi connectivity index (χ0) is 14.4. The minimum atomic E-state index is -0.319. The van der Waals surface area contributed by atoms with Crippen LogP contribution in [0.3, 0.4) is 0 Å². The van der Waals surface area contributed by atoms with E-state index in [0.29, 0.717) is 11.9 Å². The van der Waals surface area contributed by atoms with Gasteiger partial charge in [-0.05, 0) is 35.4 Å². The van der Waals surface area contributed by atoms with Crippen LogP contribution in [0.2, 0.25) is 0 Å². The number of aromatic nitrogens is 3. The molecule has 0 aromatic carbocycles. The fraction of sp³-hybridized carbons (Fsp3) is 0.571. The maximum Gasteiger partial charge on any atom is 0.168 e. The third kappa shape index (κ3) is 2.22. The van der Waals surface area contributed by atoms with Gasteiger partial charge in [0, 0.05) is 28.7 Å². The molecule has 1 aliphatic carbocycles. The Bertz CT molecular complexity index is 671. The molecule has 21 heavy (non-hydrogen) atoms. The third-order valence-corrected chi connectivity index (χ3v) is 5.33. The Kier molecular flexibility index (Phi) is 3.31. The lowest BCUT2D eigenvalue weighted by molar-refractivity contribution is -0.181. The zero-order valence-electron chi connectivity index (χ0n) is 11.6. The third-order valence-electron chi connectivity index (χ3n) is 4.52. The molecule has 1 spiro atoms. The van der Waals surface area contributed by atoms with Crippen LogP contribution < -0.4 is 5.73 Å².